The van der Waals surface area contributed by atoms with Crippen LogP contribution in [0.4, 0.5) is 5.69 Å². The number of rotatable bonds is 3. The predicted molar refractivity (Wildman–Crippen MR) is 92.1 cm³/mol. The van der Waals surface area contributed by atoms with Gasteiger partial charge in [0, 0.05) is 18.8 Å². The van der Waals surface area contributed by atoms with Crippen LogP contribution in [0.5, 0.6) is 0 Å². The van der Waals surface area contributed by atoms with Crippen LogP contribution in [0.2, 0.25) is 0 Å². The second kappa shape index (κ2) is 6.06. The molecule has 130 valence electrons. The molecule has 1 aromatic carbocycles. The average Bonchev–Trinajstić information content (AvgIpc) is 2.76. The first-order valence-electron chi connectivity index (χ1n) is 8.26. The zero-order valence-electron chi connectivity index (χ0n) is 14.7. The molecule has 2 aliphatic rings. The van der Waals surface area contributed by atoms with E-state index >= 15 is 0 Å². The lowest BCUT2D eigenvalue weighted by atomic mass is 9.78. The topological polar surface area (TPSA) is 68.2 Å². The summed E-state index contributed by atoms with van der Waals surface area (Å²) < 4.78 is 17.5. The van der Waals surface area contributed by atoms with Crippen molar-refractivity contribution in [3.63, 3.8) is 0 Å². The first-order valence-corrected chi connectivity index (χ1v) is 8.26. The Balaban J connectivity index is 1.95. The molecule has 7 heteroatoms. The van der Waals surface area contributed by atoms with Gasteiger partial charge in [-0.3, -0.25) is 0 Å². The van der Waals surface area contributed by atoms with Gasteiger partial charge in [-0.1, -0.05) is 0 Å². The second-order valence-corrected chi connectivity index (χ2v) is 7.31. The monoisotopic (exact) mass is 333 g/mol. The summed E-state index contributed by atoms with van der Waals surface area (Å²) in [7, 11) is -0.575. The van der Waals surface area contributed by atoms with Crippen LogP contribution in [0.15, 0.2) is 18.2 Å². The van der Waals surface area contributed by atoms with E-state index in [1.54, 1.807) is 12.1 Å². The van der Waals surface area contributed by atoms with E-state index in [0.29, 0.717) is 13.2 Å². The number of carbonyl (C=O) groups is 1. The number of carboxylic acids is 1. The lowest BCUT2D eigenvalue weighted by Gasteiger charge is -2.32. The van der Waals surface area contributed by atoms with Gasteiger partial charge in [-0.25, -0.2) is 4.79 Å². The molecule has 2 aliphatic heterocycles. The van der Waals surface area contributed by atoms with Crippen LogP contribution in [-0.4, -0.2) is 55.7 Å². The van der Waals surface area contributed by atoms with Crippen LogP contribution in [0.3, 0.4) is 0 Å². The van der Waals surface area contributed by atoms with Gasteiger partial charge in [0.25, 0.3) is 0 Å². The van der Waals surface area contributed by atoms with Crippen molar-refractivity contribution in [1.29, 1.82) is 0 Å². The minimum Gasteiger partial charge on any atom is -0.478 e. The number of anilines is 1. The number of aromatic carboxylic acids is 1. The van der Waals surface area contributed by atoms with Gasteiger partial charge in [0.2, 0.25) is 0 Å². The maximum absolute atomic E-state index is 11.5. The third-order valence-corrected chi connectivity index (χ3v) is 5.09. The van der Waals surface area contributed by atoms with Gasteiger partial charge in [-0.15, -0.1) is 0 Å². The fourth-order valence-electron chi connectivity index (χ4n) is 2.88. The van der Waals surface area contributed by atoms with Crippen molar-refractivity contribution < 1.29 is 23.9 Å². The Labute approximate surface area is 142 Å². The fraction of sp³-hybridized carbons (Fsp3) is 0.588. The molecule has 0 saturated carbocycles. The molecule has 0 aliphatic carbocycles. The van der Waals surface area contributed by atoms with Crippen molar-refractivity contribution in [2.75, 3.05) is 31.2 Å². The standard InChI is InChI=1S/C17H24BNO5/c1-16(2)17(3,4)24-18(23-16)13-9-12(15(20)21)10-14(11-13)19-5-7-22-8-6-19/h9-11H,5-8H2,1-4H3,(H,20,21). The maximum atomic E-state index is 11.5. The van der Waals surface area contributed by atoms with Gasteiger partial charge in [-0.05, 0) is 51.4 Å². The number of benzene rings is 1. The van der Waals surface area contributed by atoms with E-state index in [2.05, 4.69) is 4.90 Å². The van der Waals surface area contributed by atoms with Gasteiger partial charge in [-0.2, -0.15) is 0 Å². The smallest absolute Gasteiger partial charge is 0.478 e. The Bertz CT molecular complexity index is 624. The summed E-state index contributed by atoms with van der Waals surface area (Å²) in [5, 5.41) is 9.46. The Kier molecular flexibility index (Phi) is 4.36. The molecule has 2 heterocycles. The van der Waals surface area contributed by atoms with Crippen molar-refractivity contribution >= 4 is 24.2 Å². The van der Waals surface area contributed by atoms with Gasteiger partial charge in [0.15, 0.2) is 0 Å². The molecule has 0 radical (unpaired) electrons. The zero-order valence-corrected chi connectivity index (χ0v) is 14.7. The van der Waals surface area contributed by atoms with E-state index in [0.717, 1.165) is 24.2 Å². The molecule has 2 fully saturated rings. The van der Waals surface area contributed by atoms with Gasteiger partial charge in [0.05, 0.1) is 30.0 Å². The molecule has 0 atom stereocenters. The third-order valence-electron chi connectivity index (χ3n) is 5.09. The molecule has 6 nitrogen and oxygen atoms in total. The summed E-state index contributed by atoms with van der Waals surface area (Å²) in [5.74, 6) is -0.956. The van der Waals surface area contributed by atoms with Crippen molar-refractivity contribution in [3.8, 4) is 0 Å². The normalized spacial score (nSPS) is 22.7. The Morgan fingerprint density at radius 2 is 1.67 bits per heavy atom. The largest absolute Gasteiger partial charge is 0.494 e. The number of nitrogens with zero attached hydrogens (tertiary/aromatic N) is 1. The summed E-state index contributed by atoms with van der Waals surface area (Å²) >= 11 is 0. The number of morpholine rings is 1. The molecule has 0 aromatic heterocycles. The van der Waals surface area contributed by atoms with Crippen LogP contribution in [0, 0.1) is 0 Å². The molecule has 24 heavy (non-hydrogen) atoms. The Morgan fingerprint density at radius 3 is 2.21 bits per heavy atom. The highest BCUT2D eigenvalue weighted by molar-refractivity contribution is 6.62. The van der Waals surface area contributed by atoms with Crippen LogP contribution in [0.25, 0.3) is 0 Å². The van der Waals surface area contributed by atoms with E-state index in [9.17, 15) is 9.90 Å². The molecule has 2 saturated heterocycles. The van der Waals surface area contributed by atoms with E-state index in [4.69, 9.17) is 14.0 Å². The number of ether oxygens (including phenoxy) is 1. The van der Waals surface area contributed by atoms with Gasteiger partial charge in [0.1, 0.15) is 0 Å². The molecule has 1 aromatic rings. The maximum Gasteiger partial charge on any atom is 0.494 e. The number of carboxylic acid groups (broad SMARTS) is 1. The summed E-state index contributed by atoms with van der Waals surface area (Å²) in [6.07, 6.45) is 0. The first kappa shape index (κ1) is 17.3. The lowest BCUT2D eigenvalue weighted by molar-refractivity contribution is 0.00578. The average molecular weight is 333 g/mol. The molecule has 3 rings (SSSR count). The predicted octanol–water partition coefficient (Wildman–Crippen LogP) is 1.52. The van der Waals surface area contributed by atoms with E-state index in [1.807, 2.05) is 33.8 Å². The molecule has 1 N–H and O–H groups in total. The van der Waals surface area contributed by atoms with Crippen molar-refractivity contribution in [1.82, 2.24) is 0 Å². The number of hydrogen-bond acceptors (Lipinski definition) is 5. The number of hydrogen-bond donors (Lipinski definition) is 1. The highest BCUT2D eigenvalue weighted by atomic mass is 16.7. The second-order valence-electron chi connectivity index (χ2n) is 7.31. The van der Waals surface area contributed by atoms with Crippen LogP contribution < -0.4 is 10.4 Å². The lowest BCUT2D eigenvalue weighted by Crippen LogP contribution is -2.41. The van der Waals surface area contributed by atoms with Crippen molar-refractivity contribution in [3.05, 3.63) is 23.8 Å². The fourth-order valence-corrected chi connectivity index (χ4v) is 2.88. The first-order chi connectivity index (χ1) is 11.2. The Morgan fingerprint density at radius 1 is 1.08 bits per heavy atom. The van der Waals surface area contributed by atoms with E-state index in [1.165, 1.54) is 0 Å². The quantitative estimate of drug-likeness (QED) is 0.846. The minimum absolute atomic E-state index is 0.240. The van der Waals surface area contributed by atoms with Crippen LogP contribution >= 0.6 is 0 Å². The molecule has 0 spiro atoms. The summed E-state index contributed by atoms with van der Waals surface area (Å²) in [5.41, 5.74) is 0.910. The summed E-state index contributed by atoms with van der Waals surface area (Å²) in [6.45, 7) is 10.7. The molecule has 0 amide bonds. The molecular weight excluding hydrogens is 309 g/mol. The van der Waals surface area contributed by atoms with Gasteiger partial charge >= 0.3 is 13.1 Å². The van der Waals surface area contributed by atoms with Crippen molar-refractivity contribution in [2.24, 2.45) is 0 Å². The van der Waals surface area contributed by atoms with Crippen LogP contribution in [0.1, 0.15) is 38.1 Å². The SMILES string of the molecule is CC1(C)OB(c2cc(C(=O)O)cc(N3CCOCC3)c2)OC1(C)C. The zero-order chi connectivity index (χ0) is 17.5. The molecule has 0 unspecified atom stereocenters. The third kappa shape index (κ3) is 3.16. The van der Waals surface area contributed by atoms with E-state index in [-0.39, 0.29) is 5.56 Å². The van der Waals surface area contributed by atoms with E-state index < -0.39 is 24.3 Å². The van der Waals surface area contributed by atoms with Gasteiger partial charge < -0.3 is 24.1 Å². The van der Waals surface area contributed by atoms with Crippen molar-refractivity contribution in [2.45, 2.75) is 38.9 Å². The summed E-state index contributed by atoms with van der Waals surface area (Å²) in [4.78, 5) is 13.7. The van der Waals surface area contributed by atoms with Crippen LogP contribution in [-0.2, 0) is 14.0 Å². The highest BCUT2D eigenvalue weighted by Gasteiger charge is 2.51. The molecular formula is C17H24BNO5. The minimum atomic E-state index is -0.956. The molecule has 0 bridgehead atoms. The highest BCUT2D eigenvalue weighted by Crippen LogP contribution is 2.36. The summed E-state index contributed by atoms with van der Waals surface area (Å²) in [6, 6.07) is 5.29. The Hall–Kier alpha value is -1.57.